The van der Waals surface area contributed by atoms with Crippen LogP contribution in [-0.2, 0) is 4.79 Å². The maximum absolute atomic E-state index is 12.5. The van der Waals surface area contributed by atoms with Gasteiger partial charge in [0.15, 0.2) is 0 Å². The molecular formula is C22H28N2O3. The van der Waals surface area contributed by atoms with Crippen molar-refractivity contribution in [2.45, 2.75) is 40.5 Å². The fourth-order valence-corrected chi connectivity index (χ4v) is 2.86. The van der Waals surface area contributed by atoms with Crippen molar-refractivity contribution in [3.05, 3.63) is 54.6 Å². The number of amides is 2. The molecule has 0 heterocycles. The smallest absolute Gasteiger partial charge is 0.410 e. The number of nitrogens with one attached hydrogen (secondary N) is 1. The third-order valence-electron chi connectivity index (χ3n) is 4.39. The summed E-state index contributed by atoms with van der Waals surface area (Å²) in [4.78, 5) is 26.6. The molecule has 0 aliphatic heterocycles. The summed E-state index contributed by atoms with van der Waals surface area (Å²) in [5.41, 5.74) is 0.932. The Morgan fingerprint density at radius 3 is 2.37 bits per heavy atom. The standard InChI is InChI=1S/C22H28N2O3/c1-5-15-22(3,4)20(25)23-17-11-10-14-19(16-17)27-21(26)24(6-2)18-12-8-7-9-13-18/h7-14,16H,5-6,15H2,1-4H3,(H,23,25). The monoisotopic (exact) mass is 368 g/mol. The zero-order chi connectivity index (χ0) is 19.9. The lowest BCUT2D eigenvalue weighted by Crippen LogP contribution is -2.33. The molecule has 2 rings (SSSR count). The van der Waals surface area contributed by atoms with Gasteiger partial charge >= 0.3 is 6.09 Å². The molecule has 5 nitrogen and oxygen atoms in total. The number of nitrogens with zero attached hydrogens (tertiary/aromatic N) is 1. The number of hydrogen-bond donors (Lipinski definition) is 1. The Labute approximate surface area is 161 Å². The van der Waals surface area contributed by atoms with Gasteiger partial charge in [-0.3, -0.25) is 9.69 Å². The van der Waals surface area contributed by atoms with E-state index in [4.69, 9.17) is 4.74 Å². The summed E-state index contributed by atoms with van der Waals surface area (Å²) in [5, 5.41) is 2.91. The lowest BCUT2D eigenvalue weighted by Gasteiger charge is -2.23. The van der Waals surface area contributed by atoms with Gasteiger partial charge in [-0.05, 0) is 37.6 Å². The Morgan fingerprint density at radius 2 is 1.74 bits per heavy atom. The minimum Gasteiger partial charge on any atom is -0.410 e. The van der Waals surface area contributed by atoms with Gasteiger partial charge in [-0.15, -0.1) is 0 Å². The molecular weight excluding hydrogens is 340 g/mol. The van der Waals surface area contributed by atoms with Crippen LogP contribution in [0.2, 0.25) is 0 Å². The van der Waals surface area contributed by atoms with E-state index in [1.165, 1.54) is 0 Å². The molecule has 2 aromatic carbocycles. The third kappa shape index (κ3) is 5.58. The van der Waals surface area contributed by atoms with E-state index in [2.05, 4.69) is 12.2 Å². The van der Waals surface area contributed by atoms with Gasteiger partial charge < -0.3 is 10.1 Å². The molecule has 0 aliphatic rings. The largest absolute Gasteiger partial charge is 0.419 e. The minimum absolute atomic E-state index is 0.0488. The number of carbonyl (C=O) groups is 2. The maximum atomic E-state index is 12.5. The van der Waals surface area contributed by atoms with Crippen LogP contribution in [0.25, 0.3) is 0 Å². The van der Waals surface area contributed by atoms with Gasteiger partial charge in [-0.1, -0.05) is 51.5 Å². The van der Waals surface area contributed by atoms with Gasteiger partial charge in [0.25, 0.3) is 0 Å². The summed E-state index contributed by atoms with van der Waals surface area (Å²) in [6, 6.07) is 16.3. The quantitative estimate of drug-likeness (QED) is 0.704. The molecule has 0 aliphatic carbocycles. The first-order valence-electron chi connectivity index (χ1n) is 9.33. The van der Waals surface area contributed by atoms with Gasteiger partial charge in [0.2, 0.25) is 5.91 Å². The molecule has 0 saturated carbocycles. The number of para-hydroxylation sites is 1. The topological polar surface area (TPSA) is 58.6 Å². The van der Waals surface area contributed by atoms with Gasteiger partial charge in [-0.25, -0.2) is 4.79 Å². The number of rotatable bonds is 7. The highest BCUT2D eigenvalue weighted by molar-refractivity contribution is 5.95. The van der Waals surface area contributed by atoms with Crippen molar-refractivity contribution in [1.29, 1.82) is 0 Å². The molecule has 27 heavy (non-hydrogen) atoms. The molecule has 0 atom stereocenters. The first-order valence-corrected chi connectivity index (χ1v) is 9.33. The molecule has 144 valence electrons. The Balaban J connectivity index is 2.09. The number of benzene rings is 2. The van der Waals surface area contributed by atoms with E-state index in [-0.39, 0.29) is 5.91 Å². The van der Waals surface area contributed by atoms with Crippen LogP contribution in [0.3, 0.4) is 0 Å². The van der Waals surface area contributed by atoms with E-state index in [0.717, 1.165) is 18.5 Å². The van der Waals surface area contributed by atoms with Gasteiger partial charge in [0, 0.05) is 29.4 Å². The van der Waals surface area contributed by atoms with Crippen LogP contribution in [0.1, 0.15) is 40.5 Å². The predicted molar refractivity (Wildman–Crippen MR) is 109 cm³/mol. The normalized spacial score (nSPS) is 11.0. The van der Waals surface area contributed by atoms with E-state index in [1.54, 1.807) is 29.2 Å². The van der Waals surface area contributed by atoms with Crippen molar-refractivity contribution in [2.24, 2.45) is 5.41 Å². The Bertz CT molecular complexity index is 772. The summed E-state index contributed by atoms with van der Waals surface area (Å²) >= 11 is 0. The molecule has 0 radical (unpaired) electrons. The molecule has 0 unspecified atom stereocenters. The molecule has 1 N–H and O–H groups in total. The Hall–Kier alpha value is -2.82. The van der Waals surface area contributed by atoms with Crippen LogP contribution in [0.4, 0.5) is 16.2 Å². The second kappa shape index (κ2) is 9.21. The van der Waals surface area contributed by atoms with Gasteiger partial charge in [0.05, 0.1) is 0 Å². The van der Waals surface area contributed by atoms with Crippen molar-refractivity contribution in [1.82, 2.24) is 0 Å². The maximum Gasteiger partial charge on any atom is 0.419 e. The molecule has 0 bridgehead atoms. The zero-order valence-corrected chi connectivity index (χ0v) is 16.5. The highest BCUT2D eigenvalue weighted by atomic mass is 16.6. The summed E-state index contributed by atoms with van der Waals surface area (Å²) in [6.07, 6.45) is 1.28. The van der Waals surface area contributed by atoms with E-state index in [9.17, 15) is 9.59 Å². The van der Waals surface area contributed by atoms with Crippen LogP contribution in [0, 0.1) is 5.41 Å². The molecule has 2 aromatic rings. The predicted octanol–water partition coefficient (Wildman–Crippen LogP) is 5.48. The minimum atomic E-state index is -0.460. The first kappa shape index (κ1) is 20.5. The van der Waals surface area contributed by atoms with Crippen LogP contribution in [0.15, 0.2) is 54.6 Å². The highest BCUT2D eigenvalue weighted by Gasteiger charge is 2.26. The molecule has 0 aromatic heterocycles. The van der Waals surface area contributed by atoms with Crippen molar-refractivity contribution in [3.63, 3.8) is 0 Å². The van der Waals surface area contributed by atoms with Crippen LogP contribution in [0.5, 0.6) is 5.75 Å². The third-order valence-corrected chi connectivity index (χ3v) is 4.39. The van der Waals surface area contributed by atoms with Gasteiger partial charge in [0.1, 0.15) is 5.75 Å². The molecule has 0 spiro atoms. The number of anilines is 2. The summed E-state index contributed by atoms with van der Waals surface area (Å²) in [7, 11) is 0. The van der Waals surface area contributed by atoms with Crippen molar-refractivity contribution < 1.29 is 14.3 Å². The Kier molecular flexibility index (Phi) is 6.99. The summed E-state index contributed by atoms with van der Waals surface area (Å²) in [5.74, 6) is 0.341. The molecule has 0 saturated heterocycles. The Morgan fingerprint density at radius 1 is 1.04 bits per heavy atom. The average Bonchev–Trinajstić information content (AvgIpc) is 2.63. The van der Waals surface area contributed by atoms with Crippen LogP contribution in [-0.4, -0.2) is 18.5 Å². The summed E-state index contributed by atoms with van der Waals surface area (Å²) < 4.78 is 5.51. The fraction of sp³-hybridized carbons (Fsp3) is 0.364. The van der Waals surface area contributed by atoms with Crippen molar-refractivity contribution >= 4 is 23.4 Å². The number of hydrogen-bond acceptors (Lipinski definition) is 3. The molecule has 0 fully saturated rings. The zero-order valence-electron chi connectivity index (χ0n) is 16.5. The number of ether oxygens (including phenoxy) is 1. The first-order chi connectivity index (χ1) is 12.9. The van der Waals surface area contributed by atoms with Crippen LogP contribution < -0.4 is 15.0 Å². The van der Waals surface area contributed by atoms with Crippen molar-refractivity contribution in [3.8, 4) is 5.75 Å². The van der Waals surface area contributed by atoms with E-state index in [1.807, 2.05) is 51.1 Å². The lowest BCUT2D eigenvalue weighted by atomic mass is 9.87. The summed E-state index contributed by atoms with van der Waals surface area (Å²) in [6.45, 7) is 8.29. The fourth-order valence-electron chi connectivity index (χ4n) is 2.86. The number of carbonyl (C=O) groups excluding carboxylic acids is 2. The van der Waals surface area contributed by atoms with Crippen molar-refractivity contribution in [2.75, 3.05) is 16.8 Å². The second-order valence-electron chi connectivity index (χ2n) is 7.06. The van der Waals surface area contributed by atoms with E-state index in [0.29, 0.717) is 18.0 Å². The second-order valence-corrected chi connectivity index (χ2v) is 7.06. The SMILES string of the molecule is CCCC(C)(C)C(=O)Nc1cccc(OC(=O)N(CC)c2ccccc2)c1. The lowest BCUT2D eigenvalue weighted by molar-refractivity contribution is -0.124. The van der Waals surface area contributed by atoms with E-state index < -0.39 is 11.5 Å². The molecule has 2 amide bonds. The average molecular weight is 368 g/mol. The van der Waals surface area contributed by atoms with Gasteiger partial charge in [-0.2, -0.15) is 0 Å². The molecule has 5 heteroatoms. The highest BCUT2D eigenvalue weighted by Crippen LogP contribution is 2.26. The van der Waals surface area contributed by atoms with Crippen LogP contribution >= 0.6 is 0 Å². The van der Waals surface area contributed by atoms with E-state index >= 15 is 0 Å².